The number of carboxylic acids is 1. The van der Waals surface area contributed by atoms with Gasteiger partial charge in [-0.2, -0.15) is 0 Å². The third-order valence-corrected chi connectivity index (χ3v) is 3.69. The Kier molecular flexibility index (Phi) is 9.72. The number of carbonyl (C=O) groups excluding carboxylic acids is 1. The molecule has 0 aliphatic rings. The second-order valence-electron chi connectivity index (χ2n) is 5.36. The predicted octanol–water partition coefficient (Wildman–Crippen LogP) is -0.976. The first kappa shape index (κ1) is 23.7. The summed E-state index contributed by atoms with van der Waals surface area (Å²) in [5.74, 6) is 1.04. The van der Waals surface area contributed by atoms with Crippen LogP contribution < -0.4 is 58.3 Å². The summed E-state index contributed by atoms with van der Waals surface area (Å²) in [5, 5.41) is 10.6. The van der Waals surface area contributed by atoms with E-state index in [4.69, 9.17) is 23.7 Å². The van der Waals surface area contributed by atoms with Gasteiger partial charge in [-0.05, 0) is 35.4 Å². The molecule has 2 aromatic carbocycles. The molecule has 0 aromatic heterocycles. The molecule has 0 N–H and O–H groups in total. The fourth-order valence-electron chi connectivity index (χ4n) is 2.44. The van der Waals surface area contributed by atoms with Crippen LogP contribution in [0.3, 0.4) is 0 Å². The van der Waals surface area contributed by atoms with Crippen LogP contribution in [0.1, 0.15) is 11.1 Å². The first-order valence-corrected chi connectivity index (χ1v) is 8.01. The standard InChI is InChI=1S/C20H22O7.Na/c1-23-15-8-7-13(9-16(15)27-12-19(21)22)5-6-14-10-17(24-2)20(26-4)18(11-14)25-3;/h5-11H,12H2,1-4H3,(H,21,22);/q;+1/p-1/b6-5-;. The van der Waals surface area contributed by atoms with Crippen molar-refractivity contribution in [2.24, 2.45) is 0 Å². The van der Waals surface area contributed by atoms with Crippen LogP contribution in [0.4, 0.5) is 0 Å². The van der Waals surface area contributed by atoms with E-state index in [0.717, 1.165) is 11.1 Å². The van der Waals surface area contributed by atoms with E-state index in [9.17, 15) is 9.90 Å². The van der Waals surface area contributed by atoms with Crippen LogP contribution >= 0.6 is 0 Å². The third kappa shape index (κ3) is 6.09. The van der Waals surface area contributed by atoms with E-state index >= 15 is 0 Å². The van der Waals surface area contributed by atoms with Gasteiger partial charge in [0.1, 0.15) is 6.61 Å². The fourth-order valence-corrected chi connectivity index (χ4v) is 2.44. The van der Waals surface area contributed by atoms with E-state index in [1.807, 2.05) is 30.4 Å². The first-order valence-electron chi connectivity index (χ1n) is 8.01. The molecule has 0 atom stereocenters. The van der Waals surface area contributed by atoms with Gasteiger partial charge in [0.2, 0.25) is 5.75 Å². The fraction of sp³-hybridized carbons (Fsp3) is 0.250. The Morgan fingerprint density at radius 2 is 1.36 bits per heavy atom. The van der Waals surface area contributed by atoms with Crippen LogP contribution in [0.5, 0.6) is 28.7 Å². The molecule has 0 amide bonds. The molecule has 7 nitrogen and oxygen atoms in total. The van der Waals surface area contributed by atoms with Crippen LogP contribution in [0.15, 0.2) is 30.3 Å². The quantitative estimate of drug-likeness (QED) is 0.398. The Morgan fingerprint density at radius 3 is 1.86 bits per heavy atom. The Hall–Kier alpha value is -2.35. The number of aliphatic carboxylic acids is 1. The van der Waals surface area contributed by atoms with Crippen molar-refractivity contribution in [1.29, 1.82) is 0 Å². The number of carbonyl (C=O) groups is 1. The summed E-state index contributed by atoms with van der Waals surface area (Å²) in [5.41, 5.74) is 1.62. The molecule has 0 aliphatic heterocycles. The largest absolute Gasteiger partial charge is 1.00 e. The number of carboxylic acid groups (broad SMARTS) is 1. The van der Waals surface area contributed by atoms with E-state index in [2.05, 4.69) is 0 Å². The van der Waals surface area contributed by atoms with E-state index in [1.165, 1.54) is 7.11 Å². The molecule has 8 heteroatoms. The van der Waals surface area contributed by atoms with Crippen molar-refractivity contribution in [2.75, 3.05) is 35.0 Å². The summed E-state index contributed by atoms with van der Waals surface area (Å²) in [4.78, 5) is 10.6. The van der Waals surface area contributed by atoms with E-state index < -0.39 is 12.6 Å². The maximum absolute atomic E-state index is 10.6. The molecule has 2 aromatic rings. The summed E-state index contributed by atoms with van der Waals surface area (Å²) >= 11 is 0. The topological polar surface area (TPSA) is 86.3 Å². The van der Waals surface area contributed by atoms with Gasteiger partial charge in [-0.25, -0.2) is 0 Å². The minimum Gasteiger partial charge on any atom is -0.546 e. The van der Waals surface area contributed by atoms with Gasteiger partial charge in [0.15, 0.2) is 23.0 Å². The molecule has 0 bridgehead atoms. The Balaban J connectivity index is 0.00000392. The number of hydrogen-bond donors (Lipinski definition) is 0. The SMILES string of the molecule is COc1ccc(/C=C\c2cc(OC)c(OC)c(OC)c2)cc1OCC(=O)[O-].[Na+]. The maximum atomic E-state index is 10.6. The van der Waals surface area contributed by atoms with Gasteiger partial charge >= 0.3 is 29.6 Å². The Labute approximate surface area is 186 Å². The zero-order chi connectivity index (χ0) is 19.8. The van der Waals surface area contributed by atoms with Crippen molar-refractivity contribution in [2.45, 2.75) is 0 Å². The molecule has 0 heterocycles. The average molecular weight is 396 g/mol. The molecular weight excluding hydrogens is 375 g/mol. The van der Waals surface area contributed by atoms with Gasteiger partial charge in [-0.1, -0.05) is 18.2 Å². The van der Waals surface area contributed by atoms with Crippen molar-refractivity contribution >= 4 is 18.1 Å². The number of hydrogen-bond acceptors (Lipinski definition) is 7. The molecule has 144 valence electrons. The molecule has 28 heavy (non-hydrogen) atoms. The van der Waals surface area contributed by atoms with Gasteiger partial charge < -0.3 is 33.6 Å². The second kappa shape index (κ2) is 11.5. The molecular formula is C20H21NaO7. The molecule has 0 aliphatic carbocycles. The van der Waals surface area contributed by atoms with Crippen molar-refractivity contribution in [3.8, 4) is 28.7 Å². The number of benzene rings is 2. The smallest absolute Gasteiger partial charge is 0.546 e. The van der Waals surface area contributed by atoms with Crippen LogP contribution in [-0.2, 0) is 4.79 Å². The van der Waals surface area contributed by atoms with Gasteiger partial charge in [0.25, 0.3) is 0 Å². The first-order chi connectivity index (χ1) is 13.0. The number of ether oxygens (including phenoxy) is 5. The third-order valence-electron chi connectivity index (χ3n) is 3.69. The molecule has 0 spiro atoms. The zero-order valence-electron chi connectivity index (χ0n) is 16.6. The van der Waals surface area contributed by atoms with E-state index in [-0.39, 0.29) is 29.6 Å². The molecule has 2 rings (SSSR count). The molecule has 0 saturated heterocycles. The van der Waals surface area contributed by atoms with Crippen molar-refractivity contribution < 1.29 is 63.1 Å². The number of methoxy groups -OCH3 is 4. The Bertz CT molecular complexity index is 808. The molecule has 0 radical (unpaired) electrons. The van der Waals surface area contributed by atoms with E-state index in [0.29, 0.717) is 28.7 Å². The van der Waals surface area contributed by atoms with Gasteiger partial charge in [0.05, 0.1) is 34.4 Å². The van der Waals surface area contributed by atoms with Crippen molar-refractivity contribution in [3.05, 3.63) is 41.5 Å². The maximum Gasteiger partial charge on any atom is 1.00 e. The monoisotopic (exact) mass is 396 g/mol. The zero-order valence-corrected chi connectivity index (χ0v) is 18.6. The normalized spacial score (nSPS) is 10.1. The van der Waals surface area contributed by atoms with Crippen molar-refractivity contribution in [1.82, 2.24) is 0 Å². The Morgan fingerprint density at radius 1 is 0.821 bits per heavy atom. The van der Waals surface area contributed by atoms with Gasteiger partial charge in [-0.15, -0.1) is 0 Å². The van der Waals surface area contributed by atoms with Gasteiger partial charge in [-0.3, -0.25) is 0 Å². The van der Waals surface area contributed by atoms with Gasteiger partial charge in [0, 0.05) is 0 Å². The molecule has 0 saturated carbocycles. The molecule has 0 fully saturated rings. The summed E-state index contributed by atoms with van der Waals surface area (Å²) in [7, 11) is 6.12. The van der Waals surface area contributed by atoms with Crippen LogP contribution in [0, 0.1) is 0 Å². The minimum absolute atomic E-state index is 0. The summed E-state index contributed by atoms with van der Waals surface area (Å²) in [6.45, 7) is -0.559. The average Bonchev–Trinajstić information content (AvgIpc) is 2.69. The molecule has 0 unspecified atom stereocenters. The predicted molar refractivity (Wildman–Crippen MR) is 98.5 cm³/mol. The second-order valence-corrected chi connectivity index (χ2v) is 5.36. The minimum atomic E-state index is -1.31. The summed E-state index contributed by atoms with van der Waals surface area (Å²) in [6.07, 6.45) is 3.70. The van der Waals surface area contributed by atoms with E-state index in [1.54, 1.807) is 33.5 Å². The van der Waals surface area contributed by atoms with Crippen LogP contribution in [0.25, 0.3) is 12.2 Å². The van der Waals surface area contributed by atoms with Crippen LogP contribution in [-0.4, -0.2) is 41.0 Å². The summed E-state index contributed by atoms with van der Waals surface area (Å²) in [6, 6.07) is 8.82. The van der Waals surface area contributed by atoms with Crippen molar-refractivity contribution in [3.63, 3.8) is 0 Å². The summed E-state index contributed by atoms with van der Waals surface area (Å²) < 4.78 is 26.4. The number of rotatable bonds is 9. The van der Waals surface area contributed by atoms with Crippen LogP contribution in [0.2, 0.25) is 0 Å².